The van der Waals surface area contributed by atoms with Crippen LogP contribution in [-0.4, -0.2) is 58.6 Å². The Morgan fingerprint density at radius 1 is 1.05 bits per heavy atom. The van der Waals surface area contributed by atoms with Gasteiger partial charge < -0.3 is 24.8 Å². The molecular weight excluding hydrogens is 288 g/mol. The number of nitrogens with zero attached hydrogens (tertiary/aromatic N) is 1. The fraction of sp³-hybridized carbons (Fsp3) is 0.867. The minimum Gasteiger partial charge on any atom is -0.444 e. The molecule has 0 spiro atoms. The fourth-order valence-corrected chi connectivity index (χ4v) is 2.13. The van der Waals surface area contributed by atoms with Crippen LogP contribution < -0.4 is 5.32 Å². The number of hydrogen-bond acceptors (Lipinski definition) is 5. The average Bonchev–Trinajstić information content (AvgIpc) is 2.22. The van der Waals surface area contributed by atoms with Crippen LogP contribution in [0.3, 0.4) is 0 Å². The van der Waals surface area contributed by atoms with Crippen LogP contribution in [0.25, 0.3) is 0 Å². The van der Waals surface area contributed by atoms with Crippen molar-refractivity contribution in [1.82, 2.24) is 10.2 Å². The zero-order valence-electron chi connectivity index (χ0n) is 14.3. The zero-order chi connectivity index (χ0) is 17.1. The van der Waals surface area contributed by atoms with E-state index in [1.807, 2.05) is 0 Å². The van der Waals surface area contributed by atoms with Crippen LogP contribution in [0.4, 0.5) is 9.59 Å². The summed E-state index contributed by atoms with van der Waals surface area (Å²) in [5.74, 6) is 0. The molecule has 1 rings (SSSR count). The monoisotopic (exact) mass is 316 g/mol. The van der Waals surface area contributed by atoms with Crippen molar-refractivity contribution in [3.05, 3.63) is 0 Å². The molecule has 0 radical (unpaired) electrons. The van der Waals surface area contributed by atoms with Crippen molar-refractivity contribution in [3.63, 3.8) is 0 Å². The minimum atomic E-state index is -0.707. The molecule has 22 heavy (non-hydrogen) atoms. The zero-order valence-corrected chi connectivity index (χ0v) is 14.3. The van der Waals surface area contributed by atoms with Crippen molar-refractivity contribution in [2.45, 2.75) is 71.3 Å². The van der Waals surface area contributed by atoms with E-state index >= 15 is 0 Å². The van der Waals surface area contributed by atoms with Crippen LogP contribution in [0.5, 0.6) is 0 Å². The first kappa shape index (κ1) is 18.5. The quantitative estimate of drug-likeness (QED) is 0.771. The molecule has 0 aromatic heterocycles. The number of ether oxygens (including phenoxy) is 2. The molecule has 2 amide bonds. The molecule has 1 heterocycles. The number of piperidine rings is 1. The highest BCUT2D eigenvalue weighted by molar-refractivity contribution is 5.70. The van der Waals surface area contributed by atoms with Crippen LogP contribution >= 0.6 is 0 Å². The fourth-order valence-electron chi connectivity index (χ4n) is 2.13. The van der Waals surface area contributed by atoms with Gasteiger partial charge >= 0.3 is 12.2 Å². The summed E-state index contributed by atoms with van der Waals surface area (Å²) in [5.41, 5.74) is -1.20. The third kappa shape index (κ3) is 6.98. The summed E-state index contributed by atoms with van der Waals surface area (Å²) in [6, 6.07) is -0.369. The van der Waals surface area contributed by atoms with E-state index < -0.39 is 29.5 Å². The Morgan fingerprint density at radius 3 is 2.09 bits per heavy atom. The van der Waals surface area contributed by atoms with Gasteiger partial charge in [0, 0.05) is 6.54 Å². The van der Waals surface area contributed by atoms with Crippen molar-refractivity contribution >= 4 is 12.2 Å². The predicted molar refractivity (Wildman–Crippen MR) is 81.6 cm³/mol. The first-order valence-electron chi connectivity index (χ1n) is 7.51. The smallest absolute Gasteiger partial charge is 0.410 e. The molecular formula is C15H28N2O5. The summed E-state index contributed by atoms with van der Waals surface area (Å²) in [5, 5.41) is 12.6. The van der Waals surface area contributed by atoms with Crippen LogP contribution in [0.2, 0.25) is 0 Å². The predicted octanol–water partition coefficient (Wildman–Crippen LogP) is 1.88. The van der Waals surface area contributed by atoms with Gasteiger partial charge in [0.05, 0.1) is 18.7 Å². The number of nitrogens with one attached hydrogen (secondary N) is 1. The van der Waals surface area contributed by atoms with Crippen molar-refractivity contribution in [2.75, 3.05) is 13.1 Å². The molecule has 1 fully saturated rings. The molecule has 1 saturated heterocycles. The van der Waals surface area contributed by atoms with Gasteiger partial charge in [0.25, 0.3) is 0 Å². The molecule has 0 aromatic carbocycles. The third-order valence-corrected chi connectivity index (χ3v) is 2.80. The molecule has 0 aromatic rings. The van der Waals surface area contributed by atoms with Crippen LogP contribution in [-0.2, 0) is 9.47 Å². The van der Waals surface area contributed by atoms with Gasteiger partial charge in [-0.1, -0.05) is 0 Å². The van der Waals surface area contributed by atoms with Crippen LogP contribution in [0.1, 0.15) is 48.0 Å². The lowest BCUT2D eigenvalue weighted by atomic mass is 10.0. The number of rotatable bonds is 1. The van der Waals surface area contributed by atoms with Gasteiger partial charge in [0.15, 0.2) is 0 Å². The van der Waals surface area contributed by atoms with E-state index in [9.17, 15) is 14.7 Å². The summed E-state index contributed by atoms with van der Waals surface area (Å²) in [6.45, 7) is 11.1. The maximum atomic E-state index is 12.1. The summed E-state index contributed by atoms with van der Waals surface area (Å²) < 4.78 is 10.5. The van der Waals surface area contributed by atoms with Gasteiger partial charge in [0.1, 0.15) is 11.2 Å². The number of carbonyl (C=O) groups is 2. The highest BCUT2D eigenvalue weighted by atomic mass is 16.6. The number of aliphatic hydroxyl groups is 1. The topological polar surface area (TPSA) is 88.1 Å². The third-order valence-electron chi connectivity index (χ3n) is 2.80. The lowest BCUT2D eigenvalue weighted by Crippen LogP contribution is -2.55. The first-order valence-corrected chi connectivity index (χ1v) is 7.51. The average molecular weight is 316 g/mol. The molecule has 7 nitrogen and oxygen atoms in total. The molecule has 0 unspecified atom stereocenters. The standard InChI is InChI=1S/C15H28N2O5/c1-14(2,3)21-12(19)16-10-7-11(18)9-17(8-10)13(20)22-15(4,5)6/h10-11,18H,7-9H2,1-6H3,(H,16,19)/t10-,11-/m1/s1. The van der Waals surface area contributed by atoms with E-state index in [0.717, 1.165) is 0 Å². The minimum absolute atomic E-state index is 0.196. The second-order valence-electron chi connectivity index (χ2n) is 7.62. The molecule has 2 atom stereocenters. The molecule has 128 valence electrons. The summed E-state index contributed by atoms with van der Waals surface area (Å²) >= 11 is 0. The SMILES string of the molecule is CC(C)(C)OC(=O)N[C@@H]1C[C@@H](O)CN(C(=O)OC(C)(C)C)C1. The Kier molecular flexibility index (Phi) is 5.67. The number of carbonyl (C=O) groups excluding carboxylic acids is 2. The van der Waals surface area contributed by atoms with Crippen molar-refractivity contribution in [3.8, 4) is 0 Å². The Bertz CT molecular complexity index is 411. The number of likely N-dealkylation sites (tertiary alicyclic amines) is 1. The number of aliphatic hydroxyl groups excluding tert-OH is 1. The van der Waals surface area contributed by atoms with Gasteiger partial charge in [0.2, 0.25) is 0 Å². The van der Waals surface area contributed by atoms with E-state index in [1.165, 1.54) is 4.90 Å². The Morgan fingerprint density at radius 2 is 1.59 bits per heavy atom. The molecule has 0 bridgehead atoms. The van der Waals surface area contributed by atoms with Crippen LogP contribution in [0, 0.1) is 0 Å². The first-order chi connectivity index (χ1) is 9.85. The van der Waals surface area contributed by atoms with Crippen LogP contribution in [0.15, 0.2) is 0 Å². The van der Waals surface area contributed by atoms with Gasteiger partial charge in [-0.05, 0) is 48.0 Å². The second-order valence-corrected chi connectivity index (χ2v) is 7.62. The van der Waals surface area contributed by atoms with Crippen molar-refractivity contribution < 1.29 is 24.2 Å². The van der Waals surface area contributed by atoms with E-state index in [2.05, 4.69) is 5.32 Å². The van der Waals surface area contributed by atoms with Gasteiger partial charge in [-0.2, -0.15) is 0 Å². The Hall–Kier alpha value is -1.50. The maximum absolute atomic E-state index is 12.1. The summed E-state index contributed by atoms with van der Waals surface area (Å²) in [4.78, 5) is 25.3. The number of hydrogen-bond donors (Lipinski definition) is 2. The van der Waals surface area contributed by atoms with E-state index in [0.29, 0.717) is 6.42 Å². The molecule has 1 aliphatic heterocycles. The lowest BCUT2D eigenvalue weighted by Gasteiger charge is -2.36. The molecule has 1 aliphatic rings. The Balaban J connectivity index is 2.60. The Labute approximate surface area is 131 Å². The number of β-amino-alcohol motifs (C(OH)–C–C–N with tert-alkyl or cyclic N) is 1. The molecule has 2 N–H and O–H groups in total. The van der Waals surface area contributed by atoms with E-state index in [1.54, 1.807) is 41.5 Å². The molecule has 0 aliphatic carbocycles. The lowest BCUT2D eigenvalue weighted by molar-refractivity contribution is -0.00477. The molecule has 0 saturated carbocycles. The highest BCUT2D eigenvalue weighted by Crippen LogP contribution is 2.16. The van der Waals surface area contributed by atoms with Crippen molar-refractivity contribution in [1.29, 1.82) is 0 Å². The van der Waals surface area contributed by atoms with E-state index in [-0.39, 0.29) is 19.1 Å². The second kappa shape index (κ2) is 6.73. The molecule has 7 heteroatoms. The van der Waals surface area contributed by atoms with E-state index in [4.69, 9.17) is 9.47 Å². The summed E-state index contributed by atoms with van der Waals surface area (Å²) in [7, 11) is 0. The van der Waals surface area contributed by atoms with Gasteiger partial charge in [-0.15, -0.1) is 0 Å². The maximum Gasteiger partial charge on any atom is 0.410 e. The number of amides is 2. The summed E-state index contributed by atoms with van der Waals surface area (Å²) in [6.07, 6.45) is -1.39. The largest absolute Gasteiger partial charge is 0.444 e. The normalized spacial score (nSPS) is 23.0. The van der Waals surface area contributed by atoms with Gasteiger partial charge in [-0.25, -0.2) is 9.59 Å². The van der Waals surface area contributed by atoms with Crippen molar-refractivity contribution in [2.24, 2.45) is 0 Å². The highest BCUT2D eigenvalue weighted by Gasteiger charge is 2.33. The van der Waals surface area contributed by atoms with Gasteiger partial charge in [-0.3, -0.25) is 0 Å². The number of alkyl carbamates (subject to hydrolysis) is 1.